The van der Waals surface area contributed by atoms with Crippen molar-refractivity contribution < 1.29 is 9.53 Å². The molecule has 1 saturated heterocycles. The Morgan fingerprint density at radius 1 is 1.24 bits per heavy atom. The molecular weight excluding hydrogens is 264 g/mol. The quantitative estimate of drug-likeness (QED) is 0.925. The standard InChI is InChI=1S/C17H26N2O2/c1-13-10-19(11-14(2)21-13)17(3,4)12-18-16(20)15-8-6-5-7-9-15/h5-9,13-14H,10-12H2,1-4H3,(H,18,20). The van der Waals surface area contributed by atoms with Crippen LogP contribution < -0.4 is 5.32 Å². The van der Waals surface area contributed by atoms with Gasteiger partial charge >= 0.3 is 0 Å². The van der Waals surface area contributed by atoms with Gasteiger partial charge in [0.2, 0.25) is 0 Å². The molecule has 116 valence electrons. The van der Waals surface area contributed by atoms with E-state index in [9.17, 15) is 4.79 Å². The van der Waals surface area contributed by atoms with Crippen molar-refractivity contribution in [1.82, 2.24) is 10.2 Å². The van der Waals surface area contributed by atoms with Gasteiger partial charge < -0.3 is 10.1 Å². The van der Waals surface area contributed by atoms with Crippen LogP contribution in [-0.2, 0) is 4.74 Å². The van der Waals surface area contributed by atoms with E-state index < -0.39 is 0 Å². The van der Waals surface area contributed by atoms with Gasteiger partial charge in [0.05, 0.1) is 12.2 Å². The van der Waals surface area contributed by atoms with E-state index in [1.165, 1.54) is 0 Å². The zero-order chi connectivity index (χ0) is 15.5. The molecule has 1 aromatic carbocycles. The SMILES string of the molecule is CC1CN(C(C)(C)CNC(=O)c2ccccc2)CC(C)O1. The van der Waals surface area contributed by atoms with Crippen LogP contribution in [0.15, 0.2) is 30.3 Å². The number of benzene rings is 1. The maximum absolute atomic E-state index is 12.1. The van der Waals surface area contributed by atoms with Crippen LogP contribution >= 0.6 is 0 Å². The van der Waals surface area contributed by atoms with E-state index in [1.807, 2.05) is 30.3 Å². The third kappa shape index (κ3) is 4.29. The van der Waals surface area contributed by atoms with Crippen molar-refractivity contribution in [2.75, 3.05) is 19.6 Å². The summed E-state index contributed by atoms with van der Waals surface area (Å²) < 4.78 is 5.78. The van der Waals surface area contributed by atoms with E-state index in [2.05, 4.69) is 37.9 Å². The normalized spacial score (nSPS) is 23.8. The number of morpholine rings is 1. The van der Waals surface area contributed by atoms with E-state index in [1.54, 1.807) is 0 Å². The summed E-state index contributed by atoms with van der Waals surface area (Å²) in [4.78, 5) is 14.5. The van der Waals surface area contributed by atoms with Crippen LogP contribution in [0, 0.1) is 0 Å². The summed E-state index contributed by atoms with van der Waals surface area (Å²) in [7, 11) is 0. The third-order valence-corrected chi connectivity index (χ3v) is 3.99. The number of hydrogen-bond donors (Lipinski definition) is 1. The summed E-state index contributed by atoms with van der Waals surface area (Å²) in [5, 5.41) is 3.04. The van der Waals surface area contributed by atoms with Crippen molar-refractivity contribution >= 4 is 5.91 Å². The second-order valence-corrected chi connectivity index (χ2v) is 6.52. The third-order valence-electron chi connectivity index (χ3n) is 3.99. The zero-order valence-electron chi connectivity index (χ0n) is 13.4. The van der Waals surface area contributed by atoms with Gasteiger partial charge in [-0.15, -0.1) is 0 Å². The summed E-state index contributed by atoms with van der Waals surface area (Å²) in [6.07, 6.45) is 0.468. The molecule has 1 aromatic rings. The average molecular weight is 290 g/mol. The van der Waals surface area contributed by atoms with Gasteiger partial charge in [0.25, 0.3) is 5.91 Å². The van der Waals surface area contributed by atoms with Crippen molar-refractivity contribution in [3.05, 3.63) is 35.9 Å². The van der Waals surface area contributed by atoms with Crippen LogP contribution in [0.25, 0.3) is 0 Å². The van der Waals surface area contributed by atoms with Crippen molar-refractivity contribution in [3.8, 4) is 0 Å². The fourth-order valence-electron chi connectivity index (χ4n) is 2.77. The predicted octanol–water partition coefficient (Wildman–Crippen LogP) is 2.30. The Morgan fingerprint density at radius 3 is 2.38 bits per heavy atom. The molecule has 4 nitrogen and oxygen atoms in total. The highest BCUT2D eigenvalue weighted by Crippen LogP contribution is 2.20. The van der Waals surface area contributed by atoms with Gasteiger partial charge in [0, 0.05) is 30.7 Å². The molecule has 0 radical (unpaired) electrons. The number of carbonyl (C=O) groups is 1. The summed E-state index contributed by atoms with van der Waals surface area (Å²) in [6, 6.07) is 9.34. The lowest BCUT2D eigenvalue weighted by Crippen LogP contribution is -2.58. The Bertz CT molecular complexity index is 463. The fourth-order valence-corrected chi connectivity index (χ4v) is 2.77. The van der Waals surface area contributed by atoms with Gasteiger partial charge in [0.15, 0.2) is 0 Å². The first-order valence-electron chi connectivity index (χ1n) is 7.62. The minimum atomic E-state index is -0.0866. The lowest BCUT2D eigenvalue weighted by molar-refractivity contribution is -0.0948. The molecule has 0 bridgehead atoms. The number of ether oxygens (including phenoxy) is 1. The van der Waals surface area contributed by atoms with Crippen LogP contribution in [0.3, 0.4) is 0 Å². The molecule has 2 rings (SSSR count). The Hall–Kier alpha value is -1.39. The largest absolute Gasteiger partial charge is 0.373 e. The van der Waals surface area contributed by atoms with Crippen LogP contribution in [0.1, 0.15) is 38.1 Å². The molecule has 1 amide bonds. The first kappa shape index (κ1) is 16.0. The molecular formula is C17H26N2O2. The molecule has 1 fully saturated rings. The highest BCUT2D eigenvalue weighted by atomic mass is 16.5. The van der Waals surface area contributed by atoms with Crippen LogP contribution in [-0.4, -0.2) is 48.2 Å². The minimum Gasteiger partial charge on any atom is -0.373 e. The van der Waals surface area contributed by atoms with Crippen LogP contribution in [0.5, 0.6) is 0 Å². The van der Waals surface area contributed by atoms with Crippen molar-refractivity contribution in [2.45, 2.75) is 45.4 Å². The number of amides is 1. The van der Waals surface area contributed by atoms with E-state index >= 15 is 0 Å². The summed E-state index contributed by atoms with van der Waals surface area (Å²) in [5.74, 6) is -0.0157. The zero-order valence-corrected chi connectivity index (χ0v) is 13.4. The topological polar surface area (TPSA) is 41.6 Å². The maximum Gasteiger partial charge on any atom is 0.251 e. The van der Waals surface area contributed by atoms with Crippen molar-refractivity contribution in [1.29, 1.82) is 0 Å². The smallest absolute Gasteiger partial charge is 0.251 e. The molecule has 1 aliphatic heterocycles. The van der Waals surface area contributed by atoms with Crippen molar-refractivity contribution in [2.24, 2.45) is 0 Å². The van der Waals surface area contributed by atoms with Gasteiger partial charge in [-0.1, -0.05) is 18.2 Å². The molecule has 0 aliphatic carbocycles. The van der Waals surface area contributed by atoms with Crippen molar-refractivity contribution in [3.63, 3.8) is 0 Å². The maximum atomic E-state index is 12.1. The van der Waals surface area contributed by atoms with Crippen LogP contribution in [0.4, 0.5) is 0 Å². The molecule has 4 heteroatoms. The van der Waals surface area contributed by atoms with Crippen LogP contribution in [0.2, 0.25) is 0 Å². The number of nitrogens with one attached hydrogen (secondary N) is 1. The molecule has 1 N–H and O–H groups in total. The number of hydrogen-bond acceptors (Lipinski definition) is 3. The Kier molecular flexibility index (Phi) is 5.01. The van der Waals surface area contributed by atoms with E-state index in [0.29, 0.717) is 12.1 Å². The molecule has 21 heavy (non-hydrogen) atoms. The van der Waals surface area contributed by atoms with Gasteiger partial charge in [-0.3, -0.25) is 9.69 Å². The number of rotatable bonds is 4. The molecule has 0 saturated carbocycles. The lowest BCUT2D eigenvalue weighted by Gasteiger charge is -2.45. The Labute approximate surface area is 127 Å². The monoisotopic (exact) mass is 290 g/mol. The second-order valence-electron chi connectivity index (χ2n) is 6.52. The molecule has 2 unspecified atom stereocenters. The van der Waals surface area contributed by atoms with E-state index in [-0.39, 0.29) is 23.7 Å². The number of carbonyl (C=O) groups excluding carboxylic acids is 1. The summed E-state index contributed by atoms with van der Waals surface area (Å²) in [6.45, 7) is 11.0. The lowest BCUT2D eigenvalue weighted by atomic mass is 10.00. The Balaban J connectivity index is 1.93. The van der Waals surface area contributed by atoms with Gasteiger partial charge in [-0.25, -0.2) is 0 Å². The number of nitrogens with zero attached hydrogens (tertiary/aromatic N) is 1. The average Bonchev–Trinajstić information content (AvgIpc) is 2.45. The highest BCUT2D eigenvalue weighted by molar-refractivity contribution is 5.94. The molecule has 1 aliphatic rings. The van der Waals surface area contributed by atoms with Gasteiger partial charge in [-0.05, 0) is 39.8 Å². The molecule has 1 heterocycles. The Morgan fingerprint density at radius 2 is 1.81 bits per heavy atom. The second kappa shape index (κ2) is 6.58. The molecule has 0 aromatic heterocycles. The first-order chi connectivity index (χ1) is 9.88. The fraction of sp³-hybridized carbons (Fsp3) is 0.588. The van der Waals surface area contributed by atoms with E-state index in [0.717, 1.165) is 13.1 Å². The summed E-state index contributed by atoms with van der Waals surface area (Å²) in [5.41, 5.74) is 0.619. The predicted molar refractivity (Wildman–Crippen MR) is 84.4 cm³/mol. The highest BCUT2D eigenvalue weighted by Gasteiger charge is 2.33. The summed E-state index contributed by atoms with van der Waals surface area (Å²) >= 11 is 0. The molecule has 0 spiro atoms. The molecule has 2 atom stereocenters. The first-order valence-corrected chi connectivity index (χ1v) is 7.62. The van der Waals surface area contributed by atoms with Gasteiger partial charge in [-0.2, -0.15) is 0 Å². The van der Waals surface area contributed by atoms with Gasteiger partial charge in [0.1, 0.15) is 0 Å². The van der Waals surface area contributed by atoms with E-state index in [4.69, 9.17) is 4.74 Å². The minimum absolute atomic E-state index is 0.0157.